The molecule has 0 amide bonds. The predicted octanol–water partition coefficient (Wildman–Crippen LogP) is 2.43. The van der Waals surface area contributed by atoms with Gasteiger partial charge in [0.25, 0.3) is 0 Å². The molecule has 1 heterocycles. The number of nitrogens with one attached hydrogen (secondary N) is 2. The highest BCUT2D eigenvalue weighted by Gasteiger charge is 2.00. The van der Waals surface area contributed by atoms with Crippen molar-refractivity contribution in [3.63, 3.8) is 0 Å². The summed E-state index contributed by atoms with van der Waals surface area (Å²) >= 11 is 0. The lowest BCUT2D eigenvalue weighted by molar-refractivity contribution is 1.16. The van der Waals surface area contributed by atoms with Crippen molar-refractivity contribution in [1.29, 1.82) is 0 Å². The van der Waals surface area contributed by atoms with Crippen molar-refractivity contribution in [3.8, 4) is 0 Å². The third-order valence-electron chi connectivity index (χ3n) is 2.63. The quantitative estimate of drug-likeness (QED) is 0.596. The number of hydrogen-bond donors (Lipinski definition) is 2. The molecule has 0 bridgehead atoms. The summed E-state index contributed by atoms with van der Waals surface area (Å²) < 4.78 is 0. The Morgan fingerprint density at radius 1 is 1.00 bits per heavy atom. The summed E-state index contributed by atoms with van der Waals surface area (Å²) in [5, 5.41) is 5.05. The molecule has 0 atom stereocenters. The Bertz CT molecular complexity index is 685. The molecular weight excluding hydrogens is 202 g/mol. The molecule has 78 valence electrons. The molecule has 0 saturated heterocycles. The summed E-state index contributed by atoms with van der Waals surface area (Å²) in [6, 6.07) is 12.0. The highest BCUT2D eigenvalue weighted by molar-refractivity contribution is 6.06. The maximum absolute atomic E-state index is 10.2. The Morgan fingerprint density at radius 2 is 1.62 bits per heavy atom. The van der Waals surface area contributed by atoms with Gasteiger partial charge in [-0.25, -0.2) is 0 Å². The van der Waals surface area contributed by atoms with Gasteiger partial charge in [-0.1, -0.05) is 24.3 Å². The first-order valence-electron chi connectivity index (χ1n) is 4.97. The van der Waals surface area contributed by atoms with Gasteiger partial charge in [0.05, 0.1) is 0 Å². The number of aromatic amines is 2. The second-order valence-electron chi connectivity index (χ2n) is 3.61. The summed E-state index contributed by atoms with van der Waals surface area (Å²) in [5.74, 6) is 0. The fraction of sp³-hybridized carbons (Fsp3) is 0. The van der Waals surface area contributed by atoms with Gasteiger partial charge < -0.3 is 9.97 Å². The van der Waals surface area contributed by atoms with Crippen LogP contribution < -0.4 is 5.48 Å². The third-order valence-corrected chi connectivity index (χ3v) is 2.63. The second-order valence-corrected chi connectivity index (χ2v) is 3.61. The topological polar surface area (TPSA) is 61.0 Å². The van der Waals surface area contributed by atoms with Crippen LogP contribution in [0.25, 0.3) is 28.0 Å². The first-order chi connectivity index (χ1) is 7.88. The minimum atomic E-state index is 0.598. The standard InChI is InChI=1S/C12H9N3O/c16-13-7-11-14-9-5-1-3-8-4-2-6-10(15-11)12(8)9/h1-7,14-15H. The van der Waals surface area contributed by atoms with Gasteiger partial charge in [0, 0.05) is 16.4 Å². The first-order valence-corrected chi connectivity index (χ1v) is 4.97. The monoisotopic (exact) mass is 211 g/mol. The molecule has 0 aliphatic carbocycles. The molecule has 0 saturated carbocycles. The molecule has 2 aromatic carbocycles. The van der Waals surface area contributed by atoms with E-state index in [2.05, 4.69) is 27.3 Å². The number of rotatable bonds is 1. The smallest absolute Gasteiger partial charge is 0.130 e. The van der Waals surface area contributed by atoms with E-state index in [0.717, 1.165) is 21.8 Å². The van der Waals surface area contributed by atoms with Crippen LogP contribution in [-0.4, -0.2) is 9.97 Å². The molecule has 4 nitrogen and oxygen atoms in total. The zero-order chi connectivity index (χ0) is 11.0. The molecule has 1 aromatic heterocycles. The maximum atomic E-state index is 10.2. The molecule has 3 rings (SSSR count). The largest absolute Gasteiger partial charge is 0.340 e. The zero-order valence-corrected chi connectivity index (χ0v) is 8.40. The van der Waals surface area contributed by atoms with Crippen LogP contribution in [0.4, 0.5) is 0 Å². The number of hydrogen-bond acceptors (Lipinski definition) is 2. The van der Waals surface area contributed by atoms with E-state index in [1.165, 1.54) is 6.20 Å². The van der Waals surface area contributed by atoms with E-state index in [9.17, 15) is 4.91 Å². The Morgan fingerprint density at radius 3 is 2.19 bits per heavy atom. The SMILES string of the molecule is O=NC=c1[nH]c2cccc3cccc([nH]1)c32. The second kappa shape index (κ2) is 3.34. The molecule has 0 fully saturated rings. The fourth-order valence-corrected chi connectivity index (χ4v) is 1.99. The molecule has 4 heteroatoms. The number of nitrogens with zero attached hydrogens (tertiary/aromatic N) is 1. The van der Waals surface area contributed by atoms with Gasteiger partial charge in [0.2, 0.25) is 0 Å². The lowest BCUT2D eigenvalue weighted by Crippen LogP contribution is -2.11. The van der Waals surface area contributed by atoms with Crippen molar-refractivity contribution in [2.24, 2.45) is 5.18 Å². The molecular formula is C12H9N3O. The van der Waals surface area contributed by atoms with E-state index < -0.39 is 0 Å². The number of benzene rings is 2. The normalized spacial score (nSPS) is 10.8. The average molecular weight is 211 g/mol. The molecule has 16 heavy (non-hydrogen) atoms. The van der Waals surface area contributed by atoms with Crippen LogP contribution in [0, 0.1) is 4.91 Å². The number of nitroso groups, excluding NO2 is 1. The molecule has 3 aromatic rings. The van der Waals surface area contributed by atoms with E-state index in [1.54, 1.807) is 0 Å². The van der Waals surface area contributed by atoms with Crippen molar-refractivity contribution in [1.82, 2.24) is 9.97 Å². The third kappa shape index (κ3) is 1.24. The highest BCUT2D eigenvalue weighted by atomic mass is 16.2. The van der Waals surface area contributed by atoms with E-state index in [-0.39, 0.29) is 0 Å². The zero-order valence-electron chi connectivity index (χ0n) is 8.40. The summed E-state index contributed by atoms with van der Waals surface area (Å²) in [7, 11) is 0. The van der Waals surface area contributed by atoms with Crippen LogP contribution in [0.1, 0.15) is 0 Å². The van der Waals surface area contributed by atoms with Crippen molar-refractivity contribution in [3.05, 3.63) is 46.8 Å². The van der Waals surface area contributed by atoms with Gasteiger partial charge in [-0.2, -0.15) is 0 Å². The van der Waals surface area contributed by atoms with E-state index in [4.69, 9.17) is 0 Å². The highest BCUT2D eigenvalue weighted by Crippen LogP contribution is 2.21. The summed E-state index contributed by atoms with van der Waals surface area (Å²) in [6.07, 6.45) is 1.23. The van der Waals surface area contributed by atoms with Gasteiger partial charge in [-0.3, -0.25) is 0 Å². The van der Waals surface area contributed by atoms with Crippen molar-refractivity contribution >= 4 is 28.0 Å². The molecule has 0 radical (unpaired) electrons. The molecule has 0 spiro atoms. The summed E-state index contributed by atoms with van der Waals surface area (Å²) in [4.78, 5) is 16.5. The van der Waals surface area contributed by atoms with Gasteiger partial charge in [0.15, 0.2) is 0 Å². The van der Waals surface area contributed by atoms with Crippen LogP contribution in [-0.2, 0) is 0 Å². The average Bonchev–Trinajstić information content (AvgIpc) is 2.30. The molecule has 0 aliphatic rings. The predicted molar refractivity (Wildman–Crippen MR) is 64.4 cm³/mol. The molecule has 0 unspecified atom stereocenters. The van der Waals surface area contributed by atoms with Crippen molar-refractivity contribution < 1.29 is 0 Å². The van der Waals surface area contributed by atoms with E-state index >= 15 is 0 Å². The van der Waals surface area contributed by atoms with E-state index in [1.807, 2.05) is 24.3 Å². The Hall–Kier alpha value is -2.36. The summed E-state index contributed by atoms with van der Waals surface area (Å²) in [5.41, 5.74) is 2.57. The van der Waals surface area contributed by atoms with Gasteiger partial charge in [0.1, 0.15) is 11.7 Å². The Kier molecular flexibility index (Phi) is 1.86. The van der Waals surface area contributed by atoms with Crippen molar-refractivity contribution in [2.45, 2.75) is 0 Å². The molecule has 0 aliphatic heterocycles. The lowest BCUT2D eigenvalue weighted by Gasteiger charge is -2.05. The van der Waals surface area contributed by atoms with E-state index in [0.29, 0.717) is 5.48 Å². The Balaban J connectivity index is 2.59. The fourth-order valence-electron chi connectivity index (χ4n) is 1.99. The minimum absolute atomic E-state index is 0.598. The van der Waals surface area contributed by atoms with Gasteiger partial charge in [-0.05, 0) is 22.7 Å². The molecule has 2 N–H and O–H groups in total. The first kappa shape index (κ1) is 8.91. The van der Waals surface area contributed by atoms with Crippen LogP contribution in [0.2, 0.25) is 0 Å². The van der Waals surface area contributed by atoms with Crippen LogP contribution >= 0.6 is 0 Å². The summed E-state index contributed by atoms with van der Waals surface area (Å²) in [6.45, 7) is 0. The van der Waals surface area contributed by atoms with Gasteiger partial charge >= 0.3 is 0 Å². The van der Waals surface area contributed by atoms with Crippen LogP contribution in [0.15, 0.2) is 41.6 Å². The number of aromatic nitrogens is 2. The van der Waals surface area contributed by atoms with Crippen molar-refractivity contribution in [2.75, 3.05) is 0 Å². The maximum Gasteiger partial charge on any atom is 0.130 e. The number of H-pyrrole nitrogens is 2. The minimum Gasteiger partial charge on any atom is -0.340 e. The van der Waals surface area contributed by atoms with Crippen LogP contribution in [0.3, 0.4) is 0 Å². The van der Waals surface area contributed by atoms with Gasteiger partial charge in [-0.15, -0.1) is 4.91 Å². The Labute approximate surface area is 90.6 Å². The lowest BCUT2D eigenvalue weighted by atomic mass is 10.1. The van der Waals surface area contributed by atoms with Crippen LogP contribution in [0.5, 0.6) is 0 Å².